The second-order valence-corrected chi connectivity index (χ2v) is 11.8. The zero-order valence-corrected chi connectivity index (χ0v) is 23.2. The number of phenols is 1. The topological polar surface area (TPSA) is 53.0 Å². The van der Waals surface area contributed by atoms with E-state index in [0.717, 1.165) is 79.9 Å². The van der Waals surface area contributed by atoms with Gasteiger partial charge in [0.05, 0.1) is 18.2 Å². The molecule has 0 bridgehead atoms. The van der Waals surface area contributed by atoms with E-state index in [4.69, 9.17) is 4.74 Å². The molecule has 1 saturated carbocycles. The Kier molecular flexibility index (Phi) is 7.22. The van der Waals surface area contributed by atoms with Gasteiger partial charge in [-0.2, -0.15) is 13.2 Å². The van der Waals surface area contributed by atoms with Gasteiger partial charge in [-0.1, -0.05) is 31.2 Å². The van der Waals surface area contributed by atoms with E-state index in [1.54, 1.807) is 17.0 Å². The zero-order valence-electron chi connectivity index (χ0n) is 23.2. The lowest BCUT2D eigenvalue weighted by Gasteiger charge is -2.44. The smallest absolute Gasteiger partial charge is 0.416 e. The Labute approximate surface area is 238 Å². The van der Waals surface area contributed by atoms with Crippen LogP contribution < -0.4 is 4.74 Å². The first-order valence-electron chi connectivity index (χ1n) is 14.4. The molecule has 1 aliphatic carbocycles. The molecule has 3 aliphatic rings. The Morgan fingerprint density at radius 1 is 1.07 bits per heavy atom. The molecular formula is C33H35F3N2O3. The molecule has 1 spiro atoms. The highest BCUT2D eigenvalue weighted by atomic mass is 19.4. The number of fused-ring (bicyclic) bond motifs is 1. The summed E-state index contributed by atoms with van der Waals surface area (Å²) in [7, 11) is 0. The van der Waals surface area contributed by atoms with E-state index in [1.165, 1.54) is 12.1 Å². The molecule has 6 rings (SSSR count). The lowest BCUT2D eigenvalue weighted by atomic mass is 9.82. The number of amides is 1. The van der Waals surface area contributed by atoms with Crippen molar-refractivity contribution in [3.8, 4) is 11.5 Å². The van der Waals surface area contributed by atoms with Crippen LogP contribution in [0.2, 0.25) is 0 Å². The first kappa shape index (κ1) is 27.6. The SMILES string of the molecule is CCCN1CCC(COc2ccc(C3c4ccc(O)cc4CC4(CC4)N3C(=O)c3cccc(C(F)(F)F)c3)cc2)C1. The van der Waals surface area contributed by atoms with Gasteiger partial charge < -0.3 is 19.6 Å². The van der Waals surface area contributed by atoms with Crippen LogP contribution in [-0.4, -0.2) is 52.6 Å². The summed E-state index contributed by atoms with van der Waals surface area (Å²) < 4.78 is 46.7. The van der Waals surface area contributed by atoms with Crippen molar-refractivity contribution in [3.05, 3.63) is 94.5 Å². The average Bonchev–Trinajstić information content (AvgIpc) is 3.56. The minimum absolute atomic E-state index is 0.0203. The molecule has 1 N–H and O–H groups in total. The molecule has 0 radical (unpaired) electrons. The minimum atomic E-state index is -4.54. The lowest BCUT2D eigenvalue weighted by molar-refractivity contribution is -0.137. The normalized spacial score (nSPS) is 21.6. The summed E-state index contributed by atoms with van der Waals surface area (Å²) in [5.74, 6) is 0.982. The van der Waals surface area contributed by atoms with Gasteiger partial charge in [0.15, 0.2) is 0 Å². The summed E-state index contributed by atoms with van der Waals surface area (Å²) >= 11 is 0. The fourth-order valence-electron chi connectivity index (χ4n) is 6.58. The van der Waals surface area contributed by atoms with E-state index in [2.05, 4.69) is 11.8 Å². The number of halogens is 3. The number of likely N-dealkylation sites (tertiary alicyclic amines) is 1. The monoisotopic (exact) mass is 564 g/mol. The van der Waals surface area contributed by atoms with E-state index in [9.17, 15) is 23.1 Å². The number of phenolic OH excluding ortho intramolecular Hbond substituents is 1. The number of hydrogen-bond donors (Lipinski definition) is 1. The number of rotatable bonds is 7. The Balaban J connectivity index is 1.30. The van der Waals surface area contributed by atoms with Crippen LogP contribution in [-0.2, 0) is 12.6 Å². The third kappa shape index (κ3) is 5.54. The molecule has 3 aromatic rings. The molecule has 8 heteroatoms. The number of hydrogen-bond acceptors (Lipinski definition) is 4. The molecule has 0 aromatic heterocycles. The highest BCUT2D eigenvalue weighted by Crippen LogP contribution is 2.55. The second-order valence-electron chi connectivity index (χ2n) is 11.8. The third-order valence-electron chi connectivity index (χ3n) is 8.78. The predicted octanol–water partition coefficient (Wildman–Crippen LogP) is 6.84. The van der Waals surface area contributed by atoms with Crippen LogP contribution in [0, 0.1) is 5.92 Å². The number of benzene rings is 3. The number of ether oxygens (including phenoxy) is 1. The summed E-state index contributed by atoms with van der Waals surface area (Å²) in [6, 6.07) is 17.1. The molecule has 5 nitrogen and oxygen atoms in total. The maximum atomic E-state index is 14.1. The van der Waals surface area contributed by atoms with Gasteiger partial charge in [-0.25, -0.2) is 0 Å². The number of nitrogens with zero attached hydrogens (tertiary/aromatic N) is 2. The predicted molar refractivity (Wildman–Crippen MR) is 150 cm³/mol. The summed E-state index contributed by atoms with van der Waals surface area (Å²) in [5, 5.41) is 10.2. The van der Waals surface area contributed by atoms with Gasteiger partial charge in [0, 0.05) is 23.6 Å². The third-order valence-corrected chi connectivity index (χ3v) is 8.78. The van der Waals surface area contributed by atoms with Crippen molar-refractivity contribution in [1.82, 2.24) is 9.80 Å². The highest BCUT2D eigenvalue weighted by Gasteiger charge is 2.56. The fourth-order valence-corrected chi connectivity index (χ4v) is 6.58. The Hall–Kier alpha value is -3.52. The highest BCUT2D eigenvalue weighted by molar-refractivity contribution is 5.96. The molecule has 2 aliphatic heterocycles. The maximum absolute atomic E-state index is 14.1. The van der Waals surface area contributed by atoms with Crippen molar-refractivity contribution in [2.45, 2.75) is 56.8 Å². The largest absolute Gasteiger partial charge is 0.508 e. The molecule has 216 valence electrons. The molecule has 41 heavy (non-hydrogen) atoms. The summed E-state index contributed by atoms with van der Waals surface area (Å²) in [4.78, 5) is 18.3. The standard InChI is InChI=1S/C33H35F3N2O3/c1-2-15-37-16-12-22(20-37)21-41-28-9-6-23(7-10-28)30-29-11-8-27(39)18-25(29)19-32(13-14-32)38(30)31(40)24-4-3-5-26(17-24)33(34,35)36/h3-11,17-18,22,30,39H,2,12-16,19-21H2,1H3. The van der Waals surface area contributed by atoms with E-state index < -0.39 is 29.2 Å². The number of carbonyl (C=O) groups is 1. The van der Waals surface area contributed by atoms with Gasteiger partial charge in [-0.05, 0) is 104 Å². The van der Waals surface area contributed by atoms with Crippen LogP contribution in [0.4, 0.5) is 13.2 Å². The molecule has 2 unspecified atom stereocenters. The van der Waals surface area contributed by atoms with Crippen LogP contribution in [0.5, 0.6) is 11.5 Å². The van der Waals surface area contributed by atoms with Crippen LogP contribution in [0.1, 0.15) is 71.3 Å². The first-order valence-corrected chi connectivity index (χ1v) is 14.4. The fraction of sp³-hybridized carbons (Fsp3) is 0.424. The van der Waals surface area contributed by atoms with Crippen molar-refractivity contribution in [3.63, 3.8) is 0 Å². The van der Waals surface area contributed by atoms with E-state index in [1.807, 2.05) is 30.3 Å². The van der Waals surface area contributed by atoms with Crippen molar-refractivity contribution >= 4 is 5.91 Å². The van der Waals surface area contributed by atoms with Crippen molar-refractivity contribution < 1.29 is 27.8 Å². The van der Waals surface area contributed by atoms with Gasteiger partial charge in [0.25, 0.3) is 5.91 Å². The Morgan fingerprint density at radius 2 is 1.85 bits per heavy atom. The Bertz CT molecular complexity index is 1420. The molecule has 1 amide bonds. The number of alkyl halides is 3. The molecule has 2 heterocycles. The van der Waals surface area contributed by atoms with E-state index >= 15 is 0 Å². The zero-order chi connectivity index (χ0) is 28.8. The molecular weight excluding hydrogens is 529 g/mol. The van der Waals surface area contributed by atoms with Crippen LogP contribution >= 0.6 is 0 Å². The van der Waals surface area contributed by atoms with Crippen molar-refractivity contribution in [1.29, 1.82) is 0 Å². The second kappa shape index (κ2) is 10.7. The van der Waals surface area contributed by atoms with Gasteiger partial charge in [0.1, 0.15) is 11.5 Å². The average molecular weight is 565 g/mol. The van der Waals surface area contributed by atoms with Gasteiger partial charge in [-0.15, -0.1) is 0 Å². The lowest BCUT2D eigenvalue weighted by Crippen LogP contribution is -2.49. The Morgan fingerprint density at radius 3 is 2.56 bits per heavy atom. The number of carbonyl (C=O) groups excluding carboxylic acids is 1. The van der Waals surface area contributed by atoms with Crippen molar-refractivity contribution in [2.24, 2.45) is 5.92 Å². The minimum Gasteiger partial charge on any atom is -0.508 e. The van der Waals surface area contributed by atoms with Gasteiger partial charge in [0.2, 0.25) is 0 Å². The van der Waals surface area contributed by atoms with E-state index in [0.29, 0.717) is 18.9 Å². The van der Waals surface area contributed by atoms with Crippen molar-refractivity contribution in [2.75, 3.05) is 26.2 Å². The number of aromatic hydroxyl groups is 1. The van der Waals surface area contributed by atoms with Gasteiger partial charge >= 0.3 is 6.18 Å². The summed E-state index contributed by atoms with van der Waals surface area (Å²) in [6.45, 7) is 6.11. The van der Waals surface area contributed by atoms with Crippen LogP contribution in [0.3, 0.4) is 0 Å². The van der Waals surface area contributed by atoms with Crippen LogP contribution in [0.25, 0.3) is 0 Å². The van der Waals surface area contributed by atoms with E-state index in [-0.39, 0.29) is 11.3 Å². The quantitative estimate of drug-likeness (QED) is 0.341. The van der Waals surface area contributed by atoms with Crippen LogP contribution in [0.15, 0.2) is 66.7 Å². The molecule has 1 saturated heterocycles. The summed E-state index contributed by atoms with van der Waals surface area (Å²) in [6.07, 6.45) is -0.217. The summed E-state index contributed by atoms with van der Waals surface area (Å²) in [5.41, 5.74) is 1.36. The molecule has 2 fully saturated rings. The molecule has 3 aromatic carbocycles. The maximum Gasteiger partial charge on any atom is 0.416 e. The molecule has 2 atom stereocenters. The first-order chi connectivity index (χ1) is 19.7. The van der Waals surface area contributed by atoms with Gasteiger partial charge in [-0.3, -0.25) is 4.79 Å².